The van der Waals surface area contributed by atoms with Gasteiger partial charge < -0.3 is 10.2 Å². The van der Waals surface area contributed by atoms with Crippen LogP contribution in [0.1, 0.15) is 11.1 Å². The number of fused-ring (bicyclic) bond motifs is 1. The summed E-state index contributed by atoms with van der Waals surface area (Å²) in [5.41, 5.74) is 6.41. The van der Waals surface area contributed by atoms with Crippen LogP contribution in [-0.4, -0.2) is 37.1 Å². The highest BCUT2D eigenvalue weighted by atomic mass is 32.2. The third-order valence-corrected chi connectivity index (χ3v) is 7.71. The van der Waals surface area contributed by atoms with Crippen LogP contribution in [0.15, 0.2) is 96.2 Å². The number of benzene rings is 3. The summed E-state index contributed by atoms with van der Waals surface area (Å²) in [6.07, 6.45) is 3.69. The molecule has 0 fully saturated rings. The van der Waals surface area contributed by atoms with Crippen LogP contribution in [0.5, 0.6) is 0 Å². The van der Waals surface area contributed by atoms with E-state index in [-0.39, 0.29) is 5.75 Å². The van der Waals surface area contributed by atoms with Crippen LogP contribution in [0.25, 0.3) is 16.8 Å². The van der Waals surface area contributed by atoms with E-state index < -0.39 is 9.84 Å². The molecule has 5 aromatic rings. The van der Waals surface area contributed by atoms with Gasteiger partial charge in [-0.2, -0.15) is 5.10 Å². The average Bonchev–Trinajstić information content (AvgIpc) is 3.29. The molecule has 3 aromatic carbocycles. The van der Waals surface area contributed by atoms with Crippen molar-refractivity contribution in [3.05, 3.63) is 102 Å². The summed E-state index contributed by atoms with van der Waals surface area (Å²) in [6.45, 7) is 1.94. The molecule has 0 aliphatic carbocycles. The number of nitrogens with one attached hydrogen (secondary N) is 1. The Labute approximate surface area is 211 Å². The Hall–Kier alpha value is -4.17. The molecule has 0 unspecified atom stereocenters. The predicted molar refractivity (Wildman–Crippen MR) is 145 cm³/mol. The SMILES string of the molecule is Cc1ccc(S(=O)(=O)Cc2ccc(Nc3ccn4ncc(-c5cccc(N(C)C)c5)c4n3)cc2)cc1. The van der Waals surface area contributed by atoms with Gasteiger partial charge in [-0.15, -0.1) is 0 Å². The van der Waals surface area contributed by atoms with E-state index in [1.165, 1.54) is 0 Å². The Balaban J connectivity index is 1.35. The molecule has 0 aliphatic rings. The monoisotopic (exact) mass is 497 g/mol. The van der Waals surface area contributed by atoms with Crippen LogP contribution >= 0.6 is 0 Å². The molecule has 7 nitrogen and oxygen atoms in total. The molecule has 0 spiro atoms. The number of aromatic nitrogens is 3. The lowest BCUT2D eigenvalue weighted by Crippen LogP contribution is -2.08. The molecule has 0 radical (unpaired) electrons. The zero-order valence-corrected chi connectivity index (χ0v) is 21.2. The summed E-state index contributed by atoms with van der Waals surface area (Å²) in [6, 6.07) is 24.4. The van der Waals surface area contributed by atoms with Gasteiger partial charge in [0.25, 0.3) is 0 Å². The van der Waals surface area contributed by atoms with Crippen LogP contribution in [0.4, 0.5) is 17.2 Å². The molecule has 0 saturated carbocycles. The molecule has 2 aromatic heterocycles. The molecule has 36 heavy (non-hydrogen) atoms. The Morgan fingerprint density at radius 1 is 0.944 bits per heavy atom. The van der Waals surface area contributed by atoms with Crippen molar-refractivity contribution in [2.24, 2.45) is 0 Å². The third kappa shape index (κ3) is 4.94. The van der Waals surface area contributed by atoms with Gasteiger partial charge >= 0.3 is 0 Å². The van der Waals surface area contributed by atoms with Crippen molar-refractivity contribution in [3.8, 4) is 11.1 Å². The van der Waals surface area contributed by atoms with Gasteiger partial charge in [0.1, 0.15) is 5.82 Å². The van der Waals surface area contributed by atoms with Crippen molar-refractivity contribution in [2.75, 3.05) is 24.3 Å². The predicted octanol–water partition coefficient (Wildman–Crippen LogP) is 5.49. The number of aryl methyl sites for hydroxylation is 1. The second kappa shape index (κ2) is 9.47. The molecule has 2 heterocycles. The first-order valence-electron chi connectivity index (χ1n) is 11.6. The van der Waals surface area contributed by atoms with Crippen LogP contribution in [0, 0.1) is 6.92 Å². The molecule has 5 rings (SSSR count). The van der Waals surface area contributed by atoms with E-state index in [4.69, 9.17) is 4.98 Å². The average molecular weight is 498 g/mol. The molecular formula is C28H27N5O2S. The summed E-state index contributed by atoms with van der Waals surface area (Å²) in [5.74, 6) is 0.624. The van der Waals surface area contributed by atoms with Crippen molar-refractivity contribution >= 4 is 32.7 Å². The normalized spacial score (nSPS) is 11.5. The largest absolute Gasteiger partial charge is 0.378 e. The molecule has 1 N–H and O–H groups in total. The Bertz CT molecular complexity index is 1620. The number of anilines is 3. The first-order valence-corrected chi connectivity index (χ1v) is 13.2. The second-order valence-electron chi connectivity index (χ2n) is 8.98. The quantitative estimate of drug-likeness (QED) is 0.320. The van der Waals surface area contributed by atoms with Crippen molar-refractivity contribution < 1.29 is 8.42 Å². The lowest BCUT2D eigenvalue weighted by Gasteiger charge is -2.13. The number of sulfone groups is 1. The molecule has 0 aliphatic heterocycles. The van der Waals surface area contributed by atoms with E-state index >= 15 is 0 Å². The highest BCUT2D eigenvalue weighted by Crippen LogP contribution is 2.28. The van der Waals surface area contributed by atoms with Crippen molar-refractivity contribution in [3.63, 3.8) is 0 Å². The summed E-state index contributed by atoms with van der Waals surface area (Å²) in [5, 5.41) is 7.76. The first kappa shape index (κ1) is 23.6. The summed E-state index contributed by atoms with van der Waals surface area (Å²) >= 11 is 0. The van der Waals surface area contributed by atoms with Gasteiger partial charge in [0.2, 0.25) is 0 Å². The Morgan fingerprint density at radius 3 is 2.42 bits per heavy atom. The fourth-order valence-corrected chi connectivity index (χ4v) is 5.32. The minimum absolute atomic E-state index is 0.0499. The lowest BCUT2D eigenvalue weighted by atomic mass is 10.1. The van der Waals surface area contributed by atoms with Crippen LogP contribution in [0.3, 0.4) is 0 Å². The van der Waals surface area contributed by atoms with E-state index in [2.05, 4.69) is 33.5 Å². The highest BCUT2D eigenvalue weighted by Gasteiger charge is 2.15. The van der Waals surface area contributed by atoms with Crippen molar-refractivity contribution in [2.45, 2.75) is 17.6 Å². The maximum absolute atomic E-state index is 12.8. The molecule has 0 saturated heterocycles. The molecular weight excluding hydrogens is 470 g/mol. The lowest BCUT2D eigenvalue weighted by molar-refractivity contribution is 0.595. The number of rotatable bonds is 7. The minimum atomic E-state index is -3.40. The van der Waals surface area contributed by atoms with E-state index in [1.807, 2.05) is 81.9 Å². The van der Waals surface area contributed by atoms with E-state index in [0.29, 0.717) is 10.7 Å². The zero-order chi connectivity index (χ0) is 25.3. The fraction of sp³-hybridized carbons (Fsp3) is 0.143. The van der Waals surface area contributed by atoms with Crippen molar-refractivity contribution in [1.82, 2.24) is 14.6 Å². The Morgan fingerprint density at radius 2 is 1.69 bits per heavy atom. The van der Waals surface area contributed by atoms with Gasteiger partial charge in [-0.1, -0.05) is 42.0 Å². The van der Waals surface area contributed by atoms with Crippen LogP contribution in [-0.2, 0) is 15.6 Å². The van der Waals surface area contributed by atoms with Crippen LogP contribution < -0.4 is 10.2 Å². The maximum atomic E-state index is 12.8. The van der Waals surface area contributed by atoms with E-state index in [1.54, 1.807) is 16.6 Å². The fourth-order valence-electron chi connectivity index (χ4n) is 3.97. The number of hydrogen-bond acceptors (Lipinski definition) is 6. The molecule has 0 atom stereocenters. The van der Waals surface area contributed by atoms with Gasteiger partial charge in [0.05, 0.1) is 16.8 Å². The zero-order valence-electron chi connectivity index (χ0n) is 20.4. The Kier molecular flexibility index (Phi) is 6.20. The molecule has 8 heteroatoms. The summed E-state index contributed by atoms with van der Waals surface area (Å²) in [7, 11) is 0.620. The second-order valence-corrected chi connectivity index (χ2v) is 11.0. The van der Waals surface area contributed by atoms with Gasteiger partial charge in [0, 0.05) is 37.2 Å². The standard InChI is InChI=1S/C28H27N5O2S/c1-20-7-13-25(14-8-20)36(34,35)19-21-9-11-23(12-10-21)30-27-15-16-33-28(31-27)26(18-29-33)22-5-4-6-24(17-22)32(2)3/h4-18H,19H2,1-3H3,(H,30,31). The molecule has 182 valence electrons. The van der Waals surface area contributed by atoms with Gasteiger partial charge in [-0.05, 0) is 60.5 Å². The molecule has 0 amide bonds. The topological polar surface area (TPSA) is 79.6 Å². The third-order valence-electron chi connectivity index (χ3n) is 6.01. The van der Waals surface area contributed by atoms with Gasteiger partial charge in [0.15, 0.2) is 15.5 Å². The van der Waals surface area contributed by atoms with Crippen LogP contribution in [0.2, 0.25) is 0 Å². The minimum Gasteiger partial charge on any atom is -0.378 e. The number of nitrogens with zero attached hydrogens (tertiary/aromatic N) is 4. The van der Waals surface area contributed by atoms with Gasteiger partial charge in [-0.25, -0.2) is 17.9 Å². The van der Waals surface area contributed by atoms with Gasteiger partial charge in [-0.3, -0.25) is 0 Å². The summed E-state index contributed by atoms with van der Waals surface area (Å²) in [4.78, 5) is 7.18. The maximum Gasteiger partial charge on any atom is 0.182 e. The first-order chi connectivity index (χ1) is 17.3. The van der Waals surface area contributed by atoms with E-state index in [9.17, 15) is 8.42 Å². The van der Waals surface area contributed by atoms with Crippen molar-refractivity contribution in [1.29, 1.82) is 0 Å². The number of hydrogen-bond donors (Lipinski definition) is 1. The molecule has 0 bridgehead atoms. The van der Waals surface area contributed by atoms with E-state index in [0.717, 1.165) is 39.3 Å². The smallest absolute Gasteiger partial charge is 0.182 e. The summed E-state index contributed by atoms with van der Waals surface area (Å²) < 4.78 is 27.3. The highest BCUT2D eigenvalue weighted by molar-refractivity contribution is 7.90.